The highest BCUT2D eigenvalue weighted by molar-refractivity contribution is 6.01. The lowest BCUT2D eigenvalue weighted by Crippen LogP contribution is -2.35. The fraction of sp³-hybridized carbons (Fsp3) is 0.375. The van der Waals surface area contributed by atoms with Crippen LogP contribution in [0.4, 0.5) is 5.69 Å². The number of carbonyl (C=O) groups is 1. The van der Waals surface area contributed by atoms with Gasteiger partial charge >= 0.3 is 0 Å². The van der Waals surface area contributed by atoms with E-state index in [-0.39, 0.29) is 18.0 Å². The SMILES string of the molecule is CCC(C)NC(=O)c1cccc2c1NC(c1cccc(C)c1)C1CC=CC21. The van der Waals surface area contributed by atoms with Gasteiger partial charge in [-0.2, -0.15) is 0 Å². The Kier molecular flexibility index (Phi) is 4.77. The zero-order valence-electron chi connectivity index (χ0n) is 16.3. The molecule has 1 heterocycles. The molecular weight excluding hydrogens is 332 g/mol. The summed E-state index contributed by atoms with van der Waals surface area (Å²) in [6.07, 6.45) is 6.61. The van der Waals surface area contributed by atoms with Crippen LogP contribution in [-0.2, 0) is 0 Å². The van der Waals surface area contributed by atoms with Crippen molar-refractivity contribution in [3.8, 4) is 0 Å². The number of anilines is 1. The molecule has 27 heavy (non-hydrogen) atoms. The second-order valence-electron chi connectivity index (χ2n) is 7.94. The quantitative estimate of drug-likeness (QED) is 0.722. The first-order chi connectivity index (χ1) is 13.1. The van der Waals surface area contributed by atoms with Crippen molar-refractivity contribution < 1.29 is 4.79 Å². The van der Waals surface area contributed by atoms with Gasteiger partial charge in [0.2, 0.25) is 0 Å². The average molecular weight is 361 g/mol. The lowest BCUT2D eigenvalue weighted by atomic mass is 9.76. The van der Waals surface area contributed by atoms with Crippen molar-refractivity contribution in [2.45, 2.75) is 51.6 Å². The van der Waals surface area contributed by atoms with Crippen LogP contribution < -0.4 is 10.6 Å². The third-order valence-corrected chi connectivity index (χ3v) is 6.03. The molecule has 1 aliphatic heterocycles. The molecule has 2 aromatic rings. The Bertz CT molecular complexity index is 886. The van der Waals surface area contributed by atoms with Crippen molar-refractivity contribution in [2.24, 2.45) is 5.92 Å². The second kappa shape index (κ2) is 7.22. The molecule has 0 bridgehead atoms. The molecule has 4 unspecified atom stereocenters. The lowest BCUT2D eigenvalue weighted by Gasteiger charge is -2.38. The van der Waals surface area contributed by atoms with Gasteiger partial charge in [-0.1, -0.05) is 61.0 Å². The minimum absolute atomic E-state index is 0.0112. The monoisotopic (exact) mass is 360 g/mol. The van der Waals surface area contributed by atoms with Gasteiger partial charge in [-0.15, -0.1) is 0 Å². The van der Waals surface area contributed by atoms with Gasteiger partial charge in [0.1, 0.15) is 0 Å². The Morgan fingerprint density at radius 2 is 2.07 bits per heavy atom. The van der Waals surface area contributed by atoms with Gasteiger partial charge in [-0.05, 0) is 49.8 Å². The molecule has 0 saturated heterocycles. The standard InChI is InChI=1S/C24H28N2O/c1-4-16(3)25-24(27)21-13-7-12-20-18-10-6-11-19(18)22(26-23(20)21)17-9-5-8-15(2)14-17/h5-10,12-14,16,18-19,22,26H,4,11H2,1-3H3,(H,25,27). The van der Waals surface area contributed by atoms with E-state index in [0.717, 1.165) is 24.1 Å². The van der Waals surface area contributed by atoms with E-state index >= 15 is 0 Å². The number of para-hydroxylation sites is 1. The van der Waals surface area contributed by atoms with Crippen LogP contribution in [0.25, 0.3) is 0 Å². The molecule has 2 N–H and O–H groups in total. The number of hydrogen-bond acceptors (Lipinski definition) is 2. The van der Waals surface area contributed by atoms with E-state index in [0.29, 0.717) is 11.8 Å². The Hall–Kier alpha value is -2.55. The van der Waals surface area contributed by atoms with Gasteiger partial charge in [0, 0.05) is 12.0 Å². The van der Waals surface area contributed by atoms with Crippen molar-refractivity contribution in [3.05, 3.63) is 76.9 Å². The third kappa shape index (κ3) is 3.27. The van der Waals surface area contributed by atoms with E-state index in [4.69, 9.17) is 0 Å². The van der Waals surface area contributed by atoms with Gasteiger partial charge in [-0.25, -0.2) is 0 Å². The lowest BCUT2D eigenvalue weighted by molar-refractivity contribution is 0.0939. The van der Waals surface area contributed by atoms with Gasteiger partial charge in [0.05, 0.1) is 17.3 Å². The Morgan fingerprint density at radius 3 is 2.85 bits per heavy atom. The van der Waals surface area contributed by atoms with Crippen molar-refractivity contribution in [1.82, 2.24) is 5.32 Å². The molecule has 1 aliphatic carbocycles. The third-order valence-electron chi connectivity index (χ3n) is 6.03. The molecule has 2 aromatic carbocycles. The molecule has 3 nitrogen and oxygen atoms in total. The maximum atomic E-state index is 12.9. The minimum Gasteiger partial charge on any atom is -0.377 e. The van der Waals surface area contributed by atoms with Crippen molar-refractivity contribution in [1.29, 1.82) is 0 Å². The summed E-state index contributed by atoms with van der Waals surface area (Å²) in [4.78, 5) is 12.9. The highest BCUT2D eigenvalue weighted by Crippen LogP contribution is 2.50. The second-order valence-corrected chi connectivity index (χ2v) is 7.94. The average Bonchev–Trinajstić information content (AvgIpc) is 3.16. The van der Waals surface area contributed by atoms with E-state index in [1.165, 1.54) is 16.7 Å². The number of fused-ring (bicyclic) bond motifs is 3. The smallest absolute Gasteiger partial charge is 0.253 e. The summed E-state index contributed by atoms with van der Waals surface area (Å²) in [5, 5.41) is 6.87. The molecule has 1 amide bonds. The molecule has 0 aromatic heterocycles. The number of carbonyl (C=O) groups excluding carboxylic acids is 1. The Balaban J connectivity index is 1.75. The van der Waals surface area contributed by atoms with E-state index in [2.05, 4.69) is 67.0 Å². The predicted octanol–water partition coefficient (Wildman–Crippen LogP) is 5.35. The molecule has 3 heteroatoms. The molecule has 0 radical (unpaired) electrons. The van der Waals surface area contributed by atoms with E-state index in [1.54, 1.807) is 0 Å². The van der Waals surface area contributed by atoms with Gasteiger partial charge in [0.25, 0.3) is 5.91 Å². The molecule has 0 fully saturated rings. The van der Waals surface area contributed by atoms with E-state index in [1.807, 2.05) is 19.1 Å². The van der Waals surface area contributed by atoms with Crippen LogP contribution in [0.3, 0.4) is 0 Å². The maximum absolute atomic E-state index is 12.9. The van der Waals surface area contributed by atoms with Crippen molar-refractivity contribution >= 4 is 11.6 Å². The van der Waals surface area contributed by atoms with Gasteiger partial charge < -0.3 is 10.6 Å². The van der Waals surface area contributed by atoms with Crippen LogP contribution in [0.1, 0.15) is 65.7 Å². The normalized spacial score (nSPS) is 23.9. The van der Waals surface area contributed by atoms with Crippen molar-refractivity contribution in [3.63, 3.8) is 0 Å². The van der Waals surface area contributed by atoms with Gasteiger partial charge in [-0.3, -0.25) is 4.79 Å². The minimum atomic E-state index is 0.0112. The van der Waals surface area contributed by atoms with Crippen LogP contribution in [0.15, 0.2) is 54.6 Å². The summed E-state index contributed by atoms with van der Waals surface area (Å²) >= 11 is 0. The van der Waals surface area contributed by atoms with Crippen LogP contribution in [0.5, 0.6) is 0 Å². The number of allylic oxidation sites excluding steroid dienone is 2. The number of hydrogen-bond donors (Lipinski definition) is 2. The van der Waals surface area contributed by atoms with Crippen LogP contribution in [0, 0.1) is 12.8 Å². The number of benzene rings is 2. The summed E-state index contributed by atoms with van der Waals surface area (Å²) in [6.45, 7) is 6.27. The Labute approximate surface area is 161 Å². The fourth-order valence-corrected chi connectivity index (χ4v) is 4.41. The number of nitrogens with one attached hydrogen (secondary N) is 2. The number of aryl methyl sites for hydroxylation is 1. The highest BCUT2D eigenvalue weighted by Gasteiger charge is 2.39. The van der Waals surface area contributed by atoms with E-state index < -0.39 is 0 Å². The molecule has 4 atom stereocenters. The van der Waals surface area contributed by atoms with Crippen LogP contribution in [0.2, 0.25) is 0 Å². The molecular formula is C24H28N2O. The Morgan fingerprint density at radius 1 is 1.26 bits per heavy atom. The first-order valence-electron chi connectivity index (χ1n) is 10.0. The molecule has 0 saturated carbocycles. The zero-order chi connectivity index (χ0) is 19.0. The zero-order valence-corrected chi connectivity index (χ0v) is 16.3. The van der Waals surface area contributed by atoms with Crippen LogP contribution >= 0.6 is 0 Å². The summed E-state index contributed by atoms with van der Waals surface area (Å²) < 4.78 is 0. The molecule has 2 aliphatic rings. The summed E-state index contributed by atoms with van der Waals surface area (Å²) in [7, 11) is 0. The van der Waals surface area contributed by atoms with Gasteiger partial charge in [0.15, 0.2) is 0 Å². The highest BCUT2D eigenvalue weighted by atomic mass is 16.1. The molecule has 4 rings (SSSR count). The summed E-state index contributed by atoms with van der Waals surface area (Å²) in [6, 6.07) is 15.2. The predicted molar refractivity (Wildman–Crippen MR) is 111 cm³/mol. The van der Waals surface area contributed by atoms with E-state index in [9.17, 15) is 4.79 Å². The van der Waals surface area contributed by atoms with Crippen LogP contribution in [-0.4, -0.2) is 11.9 Å². The topological polar surface area (TPSA) is 41.1 Å². The number of rotatable bonds is 4. The largest absolute Gasteiger partial charge is 0.377 e. The first kappa shape index (κ1) is 17.8. The maximum Gasteiger partial charge on any atom is 0.253 e. The summed E-state index contributed by atoms with van der Waals surface area (Å²) in [5.74, 6) is 0.868. The first-order valence-corrected chi connectivity index (χ1v) is 10.0. The van der Waals surface area contributed by atoms with Crippen molar-refractivity contribution in [2.75, 3.05) is 5.32 Å². The fourth-order valence-electron chi connectivity index (χ4n) is 4.41. The molecule has 0 spiro atoms. The molecule has 140 valence electrons. The number of amides is 1. The summed E-state index contributed by atoms with van der Waals surface area (Å²) in [5.41, 5.74) is 5.57.